The maximum absolute atomic E-state index is 9.64. The maximum atomic E-state index is 9.64. The van der Waals surface area contributed by atoms with Crippen molar-refractivity contribution < 1.29 is 27.0 Å². The summed E-state index contributed by atoms with van der Waals surface area (Å²) >= 11 is -5.19. The molecule has 2 atom stereocenters. The van der Waals surface area contributed by atoms with E-state index in [9.17, 15) is 17.5 Å². The standard InChI is InChI=1S/BH4N2O6S2/c4-10(5)2-8-1-9-3-11(6)7/h2-3H,(H,4,5)(H,6,7)/p-2. The van der Waals surface area contributed by atoms with Gasteiger partial charge in [-0.05, 0) is 0 Å². The fourth-order valence-electron chi connectivity index (χ4n) is 0.142. The minimum atomic E-state index is -2.59. The maximum Gasteiger partial charge on any atom is 0.526 e. The van der Waals surface area contributed by atoms with E-state index < -0.39 is 22.5 Å². The lowest BCUT2D eigenvalue weighted by Gasteiger charge is -2.07. The Kier molecular flexibility index (Phi) is 6.89. The van der Waals surface area contributed by atoms with Crippen LogP contribution in [0.3, 0.4) is 0 Å². The van der Waals surface area contributed by atoms with Crippen LogP contribution < -0.4 is 9.77 Å². The monoisotopic (exact) mass is 201 g/mol. The van der Waals surface area contributed by atoms with Crippen LogP contribution in [0.2, 0.25) is 0 Å². The largest absolute Gasteiger partial charge is 0.758 e. The number of nitrogens with one attached hydrogen (secondary N) is 2. The van der Waals surface area contributed by atoms with E-state index in [-0.39, 0.29) is 0 Å². The molecule has 11 heteroatoms. The van der Waals surface area contributed by atoms with Gasteiger partial charge in [0.05, 0.1) is 0 Å². The van der Waals surface area contributed by atoms with Gasteiger partial charge in [0.2, 0.25) is 0 Å². The molecule has 0 heterocycles. The first-order valence-electron chi connectivity index (χ1n) is 1.95. The quantitative estimate of drug-likeness (QED) is 0.206. The lowest BCUT2D eigenvalue weighted by molar-refractivity contribution is 0.169. The second kappa shape index (κ2) is 6.81. The average Bonchev–Trinajstić information content (AvgIpc) is 1.85. The van der Waals surface area contributed by atoms with E-state index in [1.54, 1.807) is 0 Å². The second-order valence-electron chi connectivity index (χ2n) is 0.968. The first kappa shape index (κ1) is 11.1. The van der Waals surface area contributed by atoms with Gasteiger partial charge in [-0.15, -0.1) is 9.77 Å². The normalized spacial score (nSPS) is 15.8. The summed E-state index contributed by atoms with van der Waals surface area (Å²) in [5.41, 5.74) is 0. The zero-order valence-corrected chi connectivity index (χ0v) is 6.48. The Morgan fingerprint density at radius 2 is 1.45 bits per heavy atom. The summed E-state index contributed by atoms with van der Waals surface area (Å²) in [5, 5.41) is 0. The minimum absolute atomic E-state index is 0.436. The lowest BCUT2D eigenvalue weighted by atomic mass is 10.4. The Hall–Kier alpha value is 0.125. The molecule has 0 bridgehead atoms. The van der Waals surface area contributed by atoms with E-state index >= 15 is 0 Å². The number of rotatable bonds is 6. The molecule has 0 aromatic heterocycles. The summed E-state index contributed by atoms with van der Waals surface area (Å²) in [4.78, 5) is 2.83. The molecule has 1 radical (unpaired) electrons. The third-order valence-corrected chi connectivity index (χ3v) is 0.793. The molecule has 2 unspecified atom stereocenters. The topological polar surface area (TPSA) is 123 Å². The van der Waals surface area contributed by atoms with Gasteiger partial charge in [0, 0.05) is 22.5 Å². The van der Waals surface area contributed by atoms with Gasteiger partial charge in [-0.3, -0.25) is 8.42 Å². The number of hydrogen-bond acceptors (Lipinski definition) is 6. The van der Waals surface area contributed by atoms with Crippen molar-refractivity contribution in [2.45, 2.75) is 0 Å². The summed E-state index contributed by atoms with van der Waals surface area (Å²) in [5.74, 6) is 0. The Bertz CT molecular complexity index is 134. The minimum Gasteiger partial charge on any atom is -0.758 e. The lowest BCUT2D eigenvalue weighted by Crippen LogP contribution is -2.26. The molecule has 8 nitrogen and oxygen atoms in total. The molecule has 65 valence electrons. The summed E-state index contributed by atoms with van der Waals surface area (Å²) in [6, 6.07) is 0. The third kappa shape index (κ3) is 10.1. The molecule has 0 rings (SSSR count). The van der Waals surface area contributed by atoms with Crippen LogP contribution in [-0.4, -0.2) is 25.2 Å². The molecule has 0 aromatic rings. The van der Waals surface area contributed by atoms with Gasteiger partial charge in [-0.2, -0.15) is 0 Å². The zero-order chi connectivity index (χ0) is 8.69. The van der Waals surface area contributed by atoms with Gasteiger partial charge in [0.1, 0.15) is 0 Å². The molecular formula is H2BN2O6S2-2. The van der Waals surface area contributed by atoms with Gasteiger partial charge < -0.3 is 18.6 Å². The van der Waals surface area contributed by atoms with E-state index in [0.29, 0.717) is 7.69 Å². The van der Waals surface area contributed by atoms with Gasteiger partial charge >= 0.3 is 7.69 Å². The first-order valence-corrected chi connectivity index (χ1v) is 4.10. The third-order valence-electron chi connectivity index (χ3n) is 0.329. The molecule has 0 aromatic carbocycles. The highest BCUT2D eigenvalue weighted by Gasteiger charge is 1.92. The predicted octanol–water partition coefficient (Wildman–Crippen LogP) is -2.85. The molecule has 11 heavy (non-hydrogen) atoms. The van der Waals surface area contributed by atoms with Crippen molar-refractivity contribution in [1.29, 1.82) is 0 Å². The van der Waals surface area contributed by atoms with Crippen molar-refractivity contribution >= 4 is 30.2 Å². The highest BCUT2D eigenvalue weighted by molar-refractivity contribution is 7.77. The molecule has 2 N–H and O–H groups in total. The molecule has 0 spiro atoms. The molecule has 0 saturated carbocycles. The summed E-state index contributed by atoms with van der Waals surface area (Å²) in [6.07, 6.45) is 0. The first-order chi connectivity index (χ1) is 5.13. The van der Waals surface area contributed by atoms with Gasteiger partial charge in [-0.1, -0.05) is 0 Å². The van der Waals surface area contributed by atoms with Crippen LogP contribution in [0.15, 0.2) is 0 Å². The summed E-state index contributed by atoms with van der Waals surface area (Å²) in [6.45, 7) is 0. The van der Waals surface area contributed by atoms with Crippen LogP contribution in [0.1, 0.15) is 0 Å². The Labute approximate surface area is 67.7 Å². The van der Waals surface area contributed by atoms with E-state index in [2.05, 4.69) is 9.51 Å². The Morgan fingerprint density at radius 3 is 1.73 bits per heavy atom. The van der Waals surface area contributed by atoms with Crippen LogP contribution in [0.25, 0.3) is 0 Å². The molecule has 0 saturated heterocycles. The smallest absolute Gasteiger partial charge is 0.526 e. The Morgan fingerprint density at radius 1 is 1.09 bits per heavy atom. The predicted molar refractivity (Wildman–Crippen MR) is 32.0 cm³/mol. The van der Waals surface area contributed by atoms with Crippen molar-refractivity contribution in [2.24, 2.45) is 0 Å². The highest BCUT2D eigenvalue weighted by Crippen LogP contribution is 1.68. The highest BCUT2D eigenvalue weighted by atomic mass is 32.2. The summed E-state index contributed by atoms with van der Waals surface area (Å²) in [7, 11) is 0.436. The number of hydrogen-bond donors (Lipinski definition) is 2. The van der Waals surface area contributed by atoms with Crippen molar-refractivity contribution in [1.82, 2.24) is 9.77 Å². The van der Waals surface area contributed by atoms with E-state index in [4.69, 9.17) is 0 Å². The molecule has 0 amide bonds. The van der Waals surface area contributed by atoms with Crippen LogP contribution >= 0.6 is 0 Å². The zero-order valence-electron chi connectivity index (χ0n) is 4.84. The van der Waals surface area contributed by atoms with Gasteiger partial charge in [0.25, 0.3) is 0 Å². The van der Waals surface area contributed by atoms with Crippen molar-refractivity contribution in [3.63, 3.8) is 0 Å². The van der Waals surface area contributed by atoms with Crippen molar-refractivity contribution in [3.05, 3.63) is 0 Å². The van der Waals surface area contributed by atoms with Crippen LogP contribution in [-0.2, 0) is 32.0 Å². The van der Waals surface area contributed by atoms with Crippen LogP contribution in [0, 0.1) is 0 Å². The summed E-state index contributed by atoms with van der Waals surface area (Å²) < 4.78 is 46.4. The van der Waals surface area contributed by atoms with E-state index in [1.807, 2.05) is 0 Å². The van der Waals surface area contributed by atoms with Crippen molar-refractivity contribution in [2.75, 3.05) is 0 Å². The van der Waals surface area contributed by atoms with Gasteiger partial charge in [-0.25, -0.2) is 0 Å². The molecule has 0 fully saturated rings. The molecular weight excluding hydrogens is 199 g/mol. The fraction of sp³-hybridized carbons (Fsp3) is 0. The van der Waals surface area contributed by atoms with E-state index in [0.717, 1.165) is 0 Å². The Balaban J connectivity index is 3.03. The SMILES string of the molecule is O=S([O-])NO[B]ONS(=O)[O-]. The molecule has 0 aliphatic heterocycles. The van der Waals surface area contributed by atoms with E-state index in [1.165, 1.54) is 9.77 Å². The van der Waals surface area contributed by atoms with Crippen LogP contribution in [0.5, 0.6) is 0 Å². The fourth-order valence-corrected chi connectivity index (χ4v) is 0.378. The van der Waals surface area contributed by atoms with Crippen molar-refractivity contribution in [3.8, 4) is 0 Å². The molecule has 0 aliphatic carbocycles. The second-order valence-corrected chi connectivity index (χ2v) is 2.24. The molecule has 0 aliphatic rings. The van der Waals surface area contributed by atoms with Gasteiger partial charge in [0.15, 0.2) is 0 Å². The van der Waals surface area contributed by atoms with Crippen LogP contribution in [0.4, 0.5) is 0 Å². The average molecular weight is 201 g/mol.